The standard InChI is InChI=1S/C16H14F3N3O2/c17-16(18,19)13-6-5-10(15(24)22-13)14(23)21-12-7-8-20-11-4-2-1-3-9(11)12/h1-6,12,20H,7-8H2,(H,21,23)(H,22,24). The van der Waals surface area contributed by atoms with Gasteiger partial charge in [-0.3, -0.25) is 9.59 Å². The van der Waals surface area contributed by atoms with Gasteiger partial charge in [-0.15, -0.1) is 0 Å². The number of fused-ring (bicyclic) bond motifs is 1. The molecule has 3 rings (SSSR count). The van der Waals surface area contributed by atoms with Crippen LogP contribution in [0, 0.1) is 0 Å². The van der Waals surface area contributed by atoms with E-state index in [4.69, 9.17) is 0 Å². The van der Waals surface area contributed by atoms with Crippen LogP contribution in [-0.2, 0) is 6.18 Å². The highest BCUT2D eigenvalue weighted by molar-refractivity contribution is 5.94. The lowest BCUT2D eigenvalue weighted by molar-refractivity contribution is -0.141. The molecule has 0 spiro atoms. The number of hydrogen-bond donors (Lipinski definition) is 3. The number of halogens is 3. The molecule has 0 bridgehead atoms. The van der Waals surface area contributed by atoms with Gasteiger partial charge in [-0.05, 0) is 30.2 Å². The SMILES string of the molecule is O=C(NC1CCNc2ccccc21)c1ccc(C(F)(F)F)[nH]c1=O. The first kappa shape index (κ1) is 16.1. The number of amides is 1. The molecule has 1 amide bonds. The van der Waals surface area contributed by atoms with E-state index in [0.717, 1.165) is 17.3 Å². The van der Waals surface area contributed by atoms with Crippen molar-refractivity contribution in [2.45, 2.75) is 18.6 Å². The van der Waals surface area contributed by atoms with Gasteiger partial charge in [0.15, 0.2) is 0 Å². The molecule has 3 N–H and O–H groups in total. The summed E-state index contributed by atoms with van der Waals surface area (Å²) in [6.07, 6.45) is -4.05. The first-order valence-electron chi connectivity index (χ1n) is 7.30. The summed E-state index contributed by atoms with van der Waals surface area (Å²) in [7, 11) is 0. The molecule has 1 aromatic heterocycles. The fraction of sp³-hybridized carbons (Fsp3) is 0.250. The van der Waals surface area contributed by atoms with Gasteiger partial charge in [0.25, 0.3) is 11.5 Å². The van der Waals surface area contributed by atoms with Crippen LogP contribution in [0.1, 0.15) is 34.1 Å². The minimum atomic E-state index is -4.66. The number of benzene rings is 1. The Labute approximate surface area is 134 Å². The minimum Gasteiger partial charge on any atom is -0.385 e. The molecule has 5 nitrogen and oxygen atoms in total. The Kier molecular flexibility index (Phi) is 4.04. The molecule has 0 radical (unpaired) electrons. The van der Waals surface area contributed by atoms with Gasteiger partial charge in [0, 0.05) is 12.2 Å². The van der Waals surface area contributed by atoms with Crippen molar-refractivity contribution < 1.29 is 18.0 Å². The maximum absolute atomic E-state index is 12.6. The number of aromatic nitrogens is 1. The first-order valence-corrected chi connectivity index (χ1v) is 7.30. The van der Waals surface area contributed by atoms with Crippen LogP contribution in [0.15, 0.2) is 41.2 Å². The van der Waals surface area contributed by atoms with E-state index in [2.05, 4.69) is 10.6 Å². The second-order valence-electron chi connectivity index (χ2n) is 5.44. The molecule has 2 heterocycles. The summed E-state index contributed by atoms with van der Waals surface area (Å²) in [6.45, 7) is 0.644. The molecular formula is C16H14F3N3O2. The topological polar surface area (TPSA) is 74.0 Å². The Morgan fingerprint density at radius 3 is 2.62 bits per heavy atom. The molecule has 1 atom stereocenters. The van der Waals surface area contributed by atoms with Crippen LogP contribution in [0.25, 0.3) is 0 Å². The number of carbonyl (C=O) groups excluding carboxylic acids is 1. The molecule has 1 aliphatic heterocycles. The summed E-state index contributed by atoms with van der Waals surface area (Å²) in [5.41, 5.74) is -0.837. The van der Waals surface area contributed by atoms with E-state index >= 15 is 0 Å². The van der Waals surface area contributed by atoms with Crippen molar-refractivity contribution in [2.24, 2.45) is 0 Å². The van der Waals surface area contributed by atoms with E-state index < -0.39 is 23.3 Å². The van der Waals surface area contributed by atoms with Gasteiger partial charge in [0.05, 0.1) is 6.04 Å². The fourth-order valence-electron chi connectivity index (χ4n) is 2.67. The van der Waals surface area contributed by atoms with Gasteiger partial charge >= 0.3 is 6.18 Å². The van der Waals surface area contributed by atoms with Crippen LogP contribution in [-0.4, -0.2) is 17.4 Å². The van der Waals surface area contributed by atoms with Crippen LogP contribution in [0.3, 0.4) is 0 Å². The average molecular weight is 337 g/mol. The number of pyridine rings is 1. The number of H-pyrrole nitrogens is 1. The normalized spacial score (nSPS) is 16.9. The average Bonchev–Trinajstić information content (AvgIpc) is 2.54. The van der Waals surface area contributed by atoms with E-state index in [1.54, 1.807) is 4.98 Å². The summed E-state index contributed by atoms with van der Waals surface area (Å²) in [4.78, 5) is 25.8. The highest BCUT2D eigenvalue weighted by Gasteiger charge is 2.32. The lowest BCUT2D eigenvalue weighted by Crippen LogP contribution is -2.36. The zero-order chi connectivity index (χ0) is 17.3. The summed E-state index contributed by atoms with van der Waals surface area (Å²) in [5, 5.41) is 5.91. The Balaban J connectivity index is 1.83. The second-order valence-corrected chi connectivity index (χ2v) is 5.44. The third kappa shape index (κ3) is 3.12. The Hall–Kier alpha value is -2.77. The van der Waals surface area contributed by atoms with Gasteiger partial charge in [0.1, 0.15) is 11.3 Å². The molecule has 2 aromatic rings. The first-order chi connectivity index (χ1) is 11.4. The van der Waals surface area contributed by atoms with Crippen LogP contribution in [0.4, 0.5) is 18.9 Å². The van der Waals surface area contributed by atoms with Crippen LogP contribution < -0.4 is 16.2 Å². The molecule has 0 saturated heterocycles. The second kappa shape index (κ2) is 6.03. The van der Waals surface area contributed by atoms with Gasteiger partial charge in [-0.1, -0.05) is 18.2 Å². The lowest BCUT2D eigenvalue weighted by Gasteiger charge is -2.27. The van der Waals surface area contributed by atoms with Crippen LogP contribution >= 0.6 is 0 Å². The third-order valence-corrected chi connectivity index (χ3v) is 3.85. The zero-order valence-corrected chi connectivity index (χ0v) is 12.4. The summed E-state index contributed by atoms with van der Waals surface area (Å²) in [6, 6.07) is 8.68. The number of anilines is 1. The van der Waals surface area contributed by atoms with E-state index in [-0.39, 0.29) is 11.6 Å². The number of hydrogen-bond acceptors (Lipinski definition) is 3. The van der Waals surface area contributed by atoms with Crippen molar-refractivity contribution in [1.82, 2.24) is 10.3 Å². The molecule has 1 aliphatic rings. The van der Waals surface area contributed by atoms with Gasteiger partial charge in [-0.25, -0.2) is 0 Å². The number of alkyl halides is 3. The number of para-hydroxylation sites is 1. The van der Waals surface area contributed by atoms with Crippen molar-refractivity contribution >= 4 is 11.6 Å². The molecule has 126 valence electrons. The lowest BCUT2D eigenvalue weighted by atomic mass is 9.97. The van der Waals surface area contributed by atoms with Crippen molar-refractivity contribution in [2.75, 3.05) is 11.9 Å². The molecular weight excluding hydrogens is 323 g/mol. The molecule has 8 heteroatoms. The van der Waals surface area contributed by atoms with Crippen molar-refractivity contribution in [1.29, 1.82) is 0 Å². The predicted octanol–water partition coefficient (Wildman–Crippen LogP) is 2.68. The molecule has 0 saturated carbocycles. The predicted molar refractivity (Wildman–Crippen MR) is 81.8 cm³/mol. The highest BCUT2D eigenvalue weighted by Crippen LogP contribution is 2.29. The smallest absolute Gasteiger partial charge is 0.385 e. The van der Waals surface area contributed by atoms with Crippen molar-refractivity contribution in [3.05, 3.63) is 63.6 Å². The number of rotatable bonds is 2. The minimum absolute atomic E-state index is 0.309. The zero-order valence-electron chi connectivity index (χ0n) is 12.4. The van der Waals surface area contributed by atoms with E-state index in [0.29, 0.717) is 19.0 Å². The summed E-state index contributed by atoms with van der Waals surface area (Å²) < 4.78 is 37.7. The Bertz CT molecular complexity index is 830. The Morgan fingerprint density at radius 2 is 1.92 bits per heavy atom. The molecule has 24 heavy (non-hydrogen) atoms. The van der Waals surface area contributed by atoms with E-state index in [9.17, 15) is 22.8 Å². The maximum Gasteiger partial charge on any atom is 0.431 e. The third-order valence-electron chi connectivity index (χ3n) is 3.85. The van der Waals surface area contributed by atoms with Gasteiger partial charge in [-0.2, -0.15) is 13.2 Å². The summed E-state index contributed by atoms with van der Waals surface area (Å²) in [5.74, 6) is -0.702. The summed E-state index contributed by atoms with van der Waals surface area (Å²) >= 11 is 0. The van der Waals surface area contributed by atoms with Crippen molar-refractivity contribution in [3.63, 3.8) is 0 Å². The van der Waals surface area contributed by atoms with E-state index in [1.165, 1.54) is 0 Å². The Morgan fingerprint density at radius 1 is 1.17 bits per heavy atom. The number of carbonyl (C=O) groups is 1. The van der Waals surface area contributed by atoms with Crippen LogP contribution in [0.2, 0.25) is 0 Å². The molecule has 0 aliphatic carbocycles. The van der Waals surface area contributed by atoms with Gasteiger partial charge < -0.3 is 15.6 Å². The van der Waals surface area contributed by atoms with Gasteiger partial charge in [0.2, 0.25) is 0 Å². The van der Waals surface area contributed by atoms with Crippen LogP contribution in [0.5, 0.6) is 0 Å². The molecule has 1 aromatic carbocycles. The van der Waals surface area contributed by atoms with Crippen molar-refractivity contribution in [3.8, 4) is 0 Å². The fourth-order valence-corrected chi connectivity index (χ4v) is 2.67. The molecule has 1 unspecified atom stereocenters. The monoisotopic (exact) mass is 337 g/mol. The quantitative estimate of drug-likeness (QED) is 0.789. The molecule has 0 fully saturated rings. The number of aromatic amines is 1. The van der Waals surface area contributed by atoms with E-state index in [1.807, 2.05) is 24.3 Å². The highest BCUT2D eigenvalue weighted by atomic mass is 19.4. The number of nitrogens with one attached hydrogen (secondary N) is 3. The largest absolute Gasteiger partial charge is 0.431 e. The maximum atomic E-state index is 12.6.